The first-order valence-corrected chi connectivity index (χ1v) is 7.98. The smallest absolute Gasteiger partial charge is 0.255 e. The highest BCUT2D eigenvalue weighted by Gasteiger charge is 2.11. The Labute approximate surface area is 147 Å². The molecule has 0 aliphatic heterocycles. The van der Waals surface area contributed by atoms with Crippen LogP contribution >= 0.6 is 0 Å². The average molecular weight is 341 g/mol. The van der Waals surface area contributed by atoms with Crippen LogP contribution in [0.1, 0.15) is 20.7 Å². The molecule has 0 bridgehead atoms. The molecule has 6 heteroatoms. The lowest BCUT2D eigenvalue weighted by Crippen LogP contribution is -2.31. The van der Waals surface area contributed by atoms with E-state index in [1.54, 1.807) is 55.6 Å². The van der Waals surface area contributed by atoms with Gasteiger partial charge in [-0.2, -0.15) is 0 Å². The Morgan fingerprint density at radius 2 is 1.68 bits per heavy atom. The molecule has 0 aromatic heterocycles. The van der Waals surface area contributed by atoms with Crippen LogP contribution < -0.4 is 15.4 Å². The van der Waals surface area contributed by atoms with Gasteiger partial charge < -0.3 is 20.3 Å². The minimum Gasteiger partial charge on any atom is -0.497 e. The van der Waals surface area contributed by atoms with Crippen molar-refractivity contribution in [2.45, 2.75) is 0 Å². The molecule has 0 saturated carbocycles. The van der Waals surface area contributed by atoms with Crippen LogP contribution in [0.15, 0.2) is 48.5 Å². The molecular formula is C19H23N3O3. The molecule has 2 aromatic rings. The minimum atomic E-state index is -0.281. The highest BCUT2D eigenvalue weighted by molar-refractivity contribution is 6.06. The van der Waals surface area contributed by atoms with Crippen LogP contribution in [-0.2, 0) is 0 Å². The molecule has 0 unspecified atom stereocenters. The molecular weight excluding hydrogens is 318 g/mol. The maximum Gasteiger partial charge on any atom is 0.255 e. The molecule has 2 amide bonds. The normalized spacial score (nSPS) is 10.4. The summed E-state index contributed by atoms with van der Waals surface area (Å²) < 4.78 is 5.14. The maximum atomic E-state index is 12.4. The van der Waals surface area contributed by atoms with Crippen LogP contribution in [0.4, 0.5) is 5.69 Å². The summed E-state index contributed by atoms with van der Waals surface area (Å²) in [5, 5.41) is 5.63. The Hall–Kier alpha value is -2.86. The Bertz CT molecular complexity index is 744. The van der Waals surface area contributed by atoms with E-state index in [4.69, 9.17) is 4.74 Å². The zero-order valence-corrected chi connectivity index (χ0v) is 14.7. The Morgan fingerprint density at radius 3 is 2.36 bits per heavy atom. The zero-order valence-electron chi connectivity index (χ0n) is 14.7. The maximum absolute atomic E-state index is 12.4. The second-order valence-electron chi connectivity index (χ2n) is 5.83. The summed E-state index contributed by atoms with van der Waals surface area (Å²) in [7, 11) is 5.45. The van der Waals surface area contributed by atoms with Gasteiger partial charge in [0, 0.05) is 36.0 Å². The average Bonchev–Trinajstić information content (AvgIpc) is 2.61. The predicted octanol–water partition coefficient (Wildman–Crippen LogP) is 2.24. The van der Waals surface area contributed by atoms with Gasteiger partial charge in [-0.3, -0.25) is 9.59 Å². The number of ether oxygens (including phenoxy) is 1. The summed E-state index contributed by atoms with van der Waals surface area (Å²) in [5.41, 5.74) is 1.50. The monoisotopic (exact) mass is 341 g/mol. The van der Waals surface area contributed by atoms with E-state index in [9.17, 15) is 9.59 Å². The lowest BCUT2D eigenvalue weighted by Gasteiger charge is -2.11. The van der Waals surface area contributed by atoms with Gasteiger partial charge in [0.1, 0.15) is 5.75 Å². The summed E-state index contributed by atoms with van der Waals surface area (Å²) in [4.78, 5) is 26.6. The Morgan fingerprint density at radius 1 is 1.00 bits per heavy atom. The number of rotatable bonds is 7. The van der Waals surface area contributed by atoms with Gasteiger partial charge in [0.2, 0.25) is 0 Å². The molecule has 2 N–H and O–H groups in total. The third-order valence-corrected chi connectivity index (χ3v) is 3.56. The van der Waals surface area contributed by atoms with Gasteiger partial charge in [0.25, 0.3) is 11.8 Å². The molecule has 25 heavy (non-hydrogen) atoms. The van der Waals surface area contributed by atoms with Crippen LogP contribution in [-0.4, -0.2) is 51.0 Å². The van der Waals surface area contributed by atoms with E-state index in [0.717, 1.165) is 6.54 Å². The topological polar surface area (TPSA) is 70.7 Å². The molecule has 2 aromatic carbocycles. The summed E-state index contributed by atoms with van der Waals surface area (Å²) >= 11 is 0. The number of anilines is 1. The standard InChI is InChI=1S/C19H23N3O3/c1-22(2)11-10-20-18(23)14-6-4-7-15(12-14)19(24)21-16-8-5-9-17(13-16)25-3/h4-9,12-13H,10-11H2,1-3H3,(H,20,23)(H,21,24). The summed E-state index contributed by atoms with van der Waals surface area (Å²) in [6.07, 6.45) is 0. The molecule has 132 valence electrons. The van der Waals surface area contributed by atoms with Crippen molar-refractivity contribution < 1.29 is 14.3 Å². The van der Waals surface area contributed by atoms with Crippen LogP contribution in [0.2, 0.25) is 0 Å². The largest absolute Gasteiger partial charge is 0.497 e. The Balaban J connectivity index is 2.04. The molecule has 0 spiro atoms. The molecule has 0 fully saturated rings. The third kappa shape index (κ3) is 5.61. The van der Waals surface area contributed by atoms with E-state index in [1.807, 2.05) is 19.0 Å². The molecule has 6 nitrogen and oxygen atoms in total. The number of benzene rings is 2. The molecule has 0 radical (unpaired) electrons. The molecule has 2 rings (SSSR count). The highest BCUT2D eigenvalue weighted by Crippen LogP contribution is 2.17. The zero-order chi connectivity index (χ0) is 18.2. The van der Waals surface area contributed by atoms with Gasteiger partial charge >= 0.3 is 0 Å². The third-order valence-electron chi connectivity index (χ3n) is 3.56. The van der Waals surface area contributed by atoms with E-state index >= 15 is 0 Å². The SMILES string of the molecule is COc1cccc(NC(=O)c2cccc(C(=O)NCCN(C)C)c2)c1. The molecule has 0 aliphatic rings. The van der Waals surface area contributed by atoms with E-state index in [-0.39, 0.29) is 11.8 Å². The first kappa shape index (κ1) is 18.5. The van der Waals surface area contributed by atoms with Gasteiger partial charge in [0.15, 0.2) is 0 Å². The van der Waals surface area contributed by atoms with Crippen molar-refractivity contribution in [2.75, 3.05) is 39.6 Å². The lowest BCUT2D eigenvalue weighted by atomic mass is 10.1. The van der Waals surface area contributed by atoms with Crippen LogP contribution in [0, 0.1) is 0 Å². The van der Waals surface area contributed by atoms with Crippen LogP contribution in [0.25, 0.3) is 0 Å². The van der Waals surface area contributed by atoms with Crippen molar-refractivity contribution in [3.05, 3.63) is 59.7 Å². The fraction of sp³-hybridized carbons (Fsp3) is 0.263. The van der Waals surface area contributed by atoms with Crippen molar-refractivity contribution in [1.29, 1.82) is 0 Å². The first-order chi connectivity index (χ1) is 12.0. The number of amides is 2. The van der Waals surface area contributed by atoms with Crippen molar-refractivity contribution in [1.82, 2.24) is 10.2 Å². The van der Waals surface area contributed by atoms with Gasteiger partial charge in [-0.15, -0.1) is 0 Å². The van der Waals surface area contributed by atoms with Gasteiger partial charge in [0.05, 0.1) is 7.11 Å². The number of methoxy groups -OCH3 is 1. The number of nitrogens with one attached hydrogen (secondary N) is 2. The fourth-order valence-electron chi connectivity index (χ4n) is 2.20. The quantitative estimate of drug-likeness (QED) is 0.810. The van der Waals surface area contributed by atoms with Crippen molar-refractivity contribution in [2.24, 2.45) is 0 Å². The van der Waals surface area contributed by atoms with E-state index in [0.29, 0.717) is 29.1 Å². The van der Waals surface area contributed by atoms with E-state index in [2.05, 4.69) is 10.6 Å². The number of likely N-dealkylation sites (N-methyl/N-ethyl adjacent to an activating group) is 1. The van der Waals surface area contributed by atoms with Crippen molar-refractivity contribution in [3.63, 3.8) is 0 Å². The summed E-state index contributed by atoms with van der Waals surface area (Å²) in [6, 6.07) is 13.7. The highest BCUT2D eigenvalue weighted by atomic mass is 16.5. The van der Waals surface area contributed by atoms with E-state index < -0.39 is 0 Å². The molecule has 0 saturated heterocycles. The molecule has 0 atom stereocenters. The van der Waals surface area contributed by atoms with Crippen molar-refractivity contribution >= 4 is 17.5 Å². The van der Waals surface area contributed by atoms with E-state index in [1.165, 1.54) is 0 Å². The molecule has 0 heterocycles. The fourth-order valence-corrected chi connectivity index (χ4v) is 2.20. The summed E-state index contributed by atoms with van der Waals surface area (Å²) in [5.74, 6) is 0.181. The number of nitrogens with zero attached hydrogens (tertiary/aromatic N) is 1. The summed E-state index contributed by atoms with van der Waals surface area (Å²) in [6.45, 7) is 1.30. The van der Waals surface area contributed by atoms with Crippen LogP contribution in [0.5, 0.6) is 5.75 Å². The Kier molecular flexibility index (Phi) is 6.54. The second-order valence-corrected chi connectivity index (χ2v) is 5.83. The minimum absolute atomic E-state index is 0.196. The van der Waals surface area contributed by atoms with Crippen LogP contribution in [0.3, 0.4) is 0 Å². The lowest BCUT2D eigenvalue weighted by molar-refractivity contribution is 0.0951. The first-order valence-electron chi connectivity index (χ1n) is 7.98. The number of hydrogen-bond acceptors (Lipinski definition) is 4. The van der Waals surface area contributed by atoms with Gasteiger partial charge in [-0.05, 0) is 44.4 Å². The predicted molar refractivity (Wildman–Crippen MR) is 98.3 cm³/mol. The number of carbonyl (C=O) groups is 2. The van der Waals surface area contributed by atoms with Gasteiger partial charge in [-0.25, -0.2) is 0 Å². The van der Waals surface area contributed by atoms with Gasteiger partial charge in [-0.1, -0.05) is 12.1 Å². The molecule has 0 aliphatic carbocycles. The second kappa shape index (κ2) is 8.84. The van der Waals surface area contributed by atoms with Crippen molar-refractivity contribution in [3.8, 4) is 5.75 Å². The number of carbonyl (C=O) groups excluding carboxylic acids is 2. The number of hydrogen-bond donors (Lipinski definition) is 2.